The summed E-state index contributed by atoms with van der Waals surface area (Å²) in [6.07, 6.45) is 7.48. The zero-order valence-corrected chi connectivity index (χ0v) is 20.1. The van der Waals surface area contributed by atoms with Crippen LogP contribution in [0, 0.1) is 19.8 Å². The normalized spacial score (nSPS) is 18.4. The zero-order valence-electron chi connectivity index (χ0n) is 19.3. The molecule has 3 aromatic heterocycles. The average molecular weight is 475 g/mol. The third-order valence-electron chi connectivity index (χ3n) is 6.63. The standard InChI is InChI=1S/C26H27ClN6O/c1-15-9-24(32-30-12-15)18-5-8-21(23(27)11-18)22-10-19-13-29-16(2)31-25(19)33(26(22)34)14-17-3-6-20(28)7-4-17/h5,8-13,17,20H,3-4,6-7,14,28H2,1-2H3. The lowest BCUT2D eigenvalue weighted by Crippen LogP contribution is -2.31. The van der Waals surface area contributed by atoms with Crippen molar-refractivity contribution >= 4 is 22.6 Å². The molecule has 8 heteroatoms. The first-order valence-electron chi connectivity index (χ1n) is 11.6. The Kier molecular flexibility index (Phi) is 6.15. The van der Waals surface area contributed by atoms with Crippen LogP contribution in [0.4, 0.5) is 0 Å². The smallest absolute Gasteiger partial charge is 0.260 e. The first kappa shape index (κ1) is 22.6. The second-order valence-corrected chi connectivity index (χ2v) is 9.67. The van der Waals surface area contributed by atoms with Crippen molar-refractivity contribution in [3.8, 4) is 22.4 Å². The highest BCUT2D eigenvalue weighted by molar-refractivity contribution is 6.33. The van der Waals surface area contributed by atoms with Crippen LogP contribution in [0.15, 0.2) is 47.5 Å². The maximum Gasteiger partial charge on any atom is 0.260 e. The number of halogens is 1. The molecule has 1 saturated carbocycles. The van der Waals surface area contributed by atoms with Crippen LogP contribution in [0.5, 0.6) is 0 Å². The van der Waals surface area contributed by atoms with Crippen molar-refractivity contribution in [2.24, 2.45) is 11.7 Å². The number of aromatic nitrogens is 5. The van der Waals surface area contributed by atoms with E-state index < -0.39 is 0 Å². The number of benzene rings is 1. The van der Waals surface area contributed by atoms with E-state index >= 15 is 0 Å². The van der Waals surface area contributed by atoms with E-state index in [1.807, 2.05) is 44.2 Å². The molecule has 5 rings (SSSR count). The van der Waals surface area contributed by atoms with E-state index in [2.05, 4.69) is 20.2 Å². The summed E-state index contributed by atoms with van der Waals surface area (Å²) >= 11 is 6.72. The first-order chi connectivity index (χ1) is 16.4. The van der Waals surface area contributed by atoms with Crippen molar-refractivity contribution in [1.29, 1.82) is 0 Å². The Balaban J connectivity index is 1.60. The molecule has 7 nitrogen and oxygen atoms in total. The number of hydrogen-bond acceptors (Lipinski definition) is 6. The Labute approximate surface area is 203 Å². The van der Waals surface area contributed by atoms with Gasteiger partial charge in [-0.15, -0.1) is 0 Å². The van der Waals surface area contributed by atoms with Crippen LogP contribution < -0.4 is 11.3 Å². The summed E-state index contributed by atoms with van der Waals surface area (Å²) in [5, 5.41) is 9.54. The van der Waals surface area contributed by atoms with Crippen molar-refractivity contribution < 1.29 is 0 Å². The molecule has 0 saturated heterocycles. The molecule has 0 bridgehead atoms. The van der Waals surface area contributed by atoms with Crippen molar-refractivity contribution in [2.45, 2.75) is 52.1 Å². The van der Waals surface area contributed by atoms with E-state index in [4.69, 9.17) is 17.3 Å². The van der Waals surface area contributed by atoms with Gasteiger partial charge in [0, 0.05) is 45.9 Å². The summed E-state index contributed by atoms with van der Waals surface area (Å²) in [5.41, 5.74) is 10.5. The third kappa shape index (κ3) is 4.45. The van der Waals surface area contributed by atoms with E-state index in [9.17, 15) is 4.79 Å². The summed E-state index contributed by atoms with van der Waals surface area (Å²) in [6.45, 7) is 4.42. The number of nitrogens with two attached hydrogens (primary N) is 1. The predicted molar refractivity (Wildman–Crippen MR) is 135 cm³/mol. The summed E-state index contributed by atoms with van der Waals surface area (Å²) < 4.78 is 1.80. The molecule has 0 radical (unpaired) electrons. The molecule has 4 aromatic rings. The van der Waals surface area contributed by atoms with Gasteiger partial charge in [-0.1, -0.05) is 23.7 Å². The minimum absolute atomic E-state index is 0.0922. The molecule has 1 aromatic carbocycles. The van der Waals surface area contributed by atoms with E-state index in [0.29, 0.717) is 40.1 Å². The molecule has 2 N–H and O–H groups in total. The summed E-state index contributed by atoms with van der Waals surface area (Å²) in [4.78, 5) is 22.8. The van der Waals surface area contributed by atoms with Gasteiger partial charge in [-0.2, -0.15) is 10.2 Å². The molecule has 0 spiro atoms. The predicted octanol–water partition coefficient (Wildman–Crippen LogP) is 4.70. The number of aryl methyl sites for hydroxylation is 2. The van der Waals surface area contributed by atoms with E-state index in [1.54, 1.807) is 17.0 Å². The third-order valence-corrected chi connectivity index (χ3v) is 6.94. The molecule has 1 fully saturated rings. The molecule has 0 atom stereocenters. The zero-order chi connectivity index (χ0) is 23.8. The van der Waals surface area contributed by atoms with Crippen LogP contribution in [0.1, 0.15) is 37.1 Å². The molecule has 34 heavy (non-hydrogen) atoms. The van der Waals surface area contributed by atoms with Gasteiger partial charge in [0.1, 0.15) is 11.5 Å². The van der Waals surface area contributed by atoms with Crippen LogP contribution in [0.3, 0.4) is 0 Å². The van der Waals surface area contributed by atoms with Crippen molar-refractivity contribution in [3.63, 3.8) is 0 Å². The number of pyridine rings is 1. The Morgan fingerprint density at radius 1 is 1.06 bits per heavy atom. The second-order valence-electron chi connectivity index (χ2n) is 9.26. The highest BCUT2D eigenvalue weighted by atomic mass is 35.5. The number of hydrogen-bond donors (Lipinski definition) is 1. The van der Waals surface area contributed by atoms with Gasteiger partial charge >= 0.3 is 0 Å². The van der Waals surface area contributed by atoms with Gasteiger partial charge in [-0.25, -0.2) is 9.97 Å². The Bertz CT molecular complexity index is 1420. The van der Waals surface area contributed by atoms with Gasteiger partial charge in [0.05, 0.1) is 11.9 Å². The minimum Gasteiger partial charge on any atom is -0.328 e. The summed E-state index contributed by atoms with van der Waals surface area (Å²) in [7, 11) is 0. The number of rotatable bonds is 4. The van der Waals surface area contributed by atoms with Crippen LogP contribution in [0.25, 0.3) is 33.4 Å². The van der Waals surface area contributed by atoms with Crippen LogP contribution >= 0.6 is 11.6 Å². The highest BCUT2D eigenvalue weighted by Crippen LogP contribution is 2.32. The number of fused-ring (bicyclic) bond motifs is 1. The van der Waals surface area contributed by atoms with Crippen LogP contribution in [-0.4, -0.2) is 30.8 Å². The van der Waals surface area contributed by atoms with Gasteiger partial charge in [0.25, 0.3) is 5.56 Å². The lowest BCUT2D eigenvalue weighted by molar-refractivity contribution is 0.295. The van der Waals surface area contributed by atoms with Crippen LogP contribution in [0.2, 0.25) is 5.02 Å². The maximum atomic E-state index is 13.8. The molecule has 0 aliphatic heterocycles. The largest absolute Gasteiger partial charge is 0.328 e. The van der Waals surface area contributed by atoms with Crippen molar-refractivity contribution in [2.75, 3.05) is 0 Å². The monoisotopic (exact) mass is 474 g/mol. The molecule has 1 aliphatic rings. The quantitative estimate of drug-likeness (QED) is 0.460. The summed E-state index contributed by atoms with van der Waals surface area (Å²) in [6, 6.07) is 9.70. The van der Waals surface area contributed by atoms with Crippen molar-refractivity contribution in [1.82, 2.24) is 24.7 Å². The summed E-state index contributed by atoms with van der Waals surface area (Å²) in [5.74, 6) is 1.03. The minimum atomic E-state index is -0.0922. The molecule has 174 valence electrons. The average Bonchev–Trinajstić information content (AvgIpc) is 2.82. The fraction of sp³-hybridized carbons (Fsp3) is 0.346. The Morgan fingerprint density at radius 2 is 1.85 bits per heavy atom. The first-order valence-corrected chi connectivity index (χ1v) is 12.0. The van der Waals surface area contributed by atoms with E-state index in [0.717, 1.165) is 47.9 Å². The van der Waals surface area contributed by atoms with Gasteiger partial charge in [0.2, 0.25) is 0 Å². The molecular formula is C26H27ClN6O. The lowest BCUT2D eigenvalue weighted by atomic mass is 9.86. The molecule has 1 aliphatic carbocycles. The topological polar surface area (TPSA) is 99.6 Å². The highest BCUT2D eigenvalue weighted by Gasteiger charge is 2.22. The number of nitrogens with zero attached hydrogens (tertiary/aromatic N) is 5. The fourth-order valence-corrected chi connectivity index (χ4v) is 5.02. The van der Waals surface area contributed by atoms with E-state index in [-0.39, 0.29) is 11.6 Å². The van der Waals surface area contributed by atoms with Crippen LogP contribution in [-0.2, 0) is 6.54 Å². The Morgan fingerprint density at radius 3 is 2.59 bits per heavy atom. The fourth-order valence-electron chi connectivity index (χ4n) is 4.73. The van der Waals surface area contributed by atoms with Crippen molar-refractivity contribution in [3.05, 3.63) is 69.5 Å². The molecule has 0 unspecified atom stereocenters. The second kappa shape index (κ2) is 9.24. The van der Waals surface area contributed by atoms with E-state index in [1.165, 1.54) is 0 Å². The SMILES string of the molecule is Cc1cnnc(-c2ccc(-c3cc4cnc(C)nc4n(CC4CCC(N)CC4)c3=O)c(Cl)c2)c1. The maximum absolute atomic E-state index is 13.8. The lowest BCUT2D eigenvalue weighted by Gasteiger charge is -2.27. The van der Waals surface area contributed by atoms with Gasteiger partial charge in [-0.05, 0) is 69.2 Å². The van der Waals surface area contributed by atoms with Gasteiger partial charge in [0.15, 0.2) is 0 Å². The van der Waals surface area contributed by atoms with Gasteiger partial charge in [-0.3, -0.25) is 9.36 Å². The molecule has 0 amide bonds. The Hall–Kier alpha value is -3.16. The molecular weight excluding hydrogens is 448 g/mol. The molecule has 3 heterocycles. The van der Waals surface area contributed by atoms with Gasteiger partial charge < -0.3 is 5.73 Å².